The Bertz CT molecular complexity index is 1060. The predicted molar refractivity (Wildman–Crippen MR) is 126 cm³/mol. The Morgan fingerprint density at radius 1 is 1.06 bits per heavy atom. The van der Waals surface area contributed by atoms with Crippen molar-refractivity contribution in [2.45, 2.75) is 26.5 Å². The van der Waals surface area contributed by atoms with E-state index in [1.807, 2.05) is 38.4 Å². The highest BCUT2D eigenvalue weighted by atomic mass is 16.5. The van der Waals surface area contributed by atoms with Gasteiger partial charge in [0.05, 0.1) is 17.5 Å². The molecule has 0 atom stereocenters. The second kappa shape index (κ2) is 9.74. The lowest BCUT2D eigenvalue weighted by molar-refractivity contribution is 0.242. The number of piperazine rings is 1. The average Bonchev–Trinajstić information content (AvgIpc) is 2.81. The van der Waals surface area contributed by atoms with Crippen LogP contribution in [-0.4, -0.2) is 57.8 Å². The predicted octanol–water partition coefficient (Wildman–Crippen LogP) is 2.98. The van der Waals surface area contributed by atoms with Gasteiger partial charge in [0.25, 0.3) is 0 Å². The van der Waals surface area contributed by atoms with E-state index in [1.165, 1.54) is 11.9 Å². The minimum atomic E-state index is 0.0449. The van der Waals surface area contributed by atoms with Crippen LogP contribution < -0.4 is 15.4 Å². The quantitative estimate of drug-likeness (QED) is 0.438. The van der Waals surface area contributed by atoms with Crippen LogP contribution in [0.4, 0.5) is 11.5 Å². The fraction of sp³-hybridized carbons (Fsp3) is 0.333. The highest BCUT2D eigenvalue weighted by molar-refractivity contribution is 6.13. The van der Waals surface area contributed by atoms with Crippen molar-refractivity contribution in [3.05, 3.63) is 71.9 Å². The smallest absolute Gasteiger partial charge is 0.132 e. The van der Waals surface area contributed by atoms with Gasteiger partial charge < -0.3 is 15.4 Å². The van der Waals surface area contributed by atoms with E-state index < -0.39 is 0 Å². The molecule has 1 aromatic carbocycles. The zero-order valence-corrected chi connectivity index (χ0v) is 18.5. The van der Waals surface area contributed by atoms with Crippen molar-refractivity contribution in [3.63, 3.8) is 0 Å². The standard InChI is InChI=1S/C24H29N7O/c1-17(2)32-19-3-4-21(25)20(13-19)24(26)22-14-23(29-16-28-22)31-11-9-30(10-12-31)15-18-5-7-27-8-6-18/h3-8,13-14,16-17,26H,9-12,15,25H2,1-2H3. The van der Waals surface area contributed by atoms with E-state index in [0.717, 1.165) is 38.5 Å². The van der Waals surface area contributed by atoms with Crippen molar-refractivity contribution in [3.8, 4) is 5.75 Å². The largest absolute Gasteiger partial charge is 0.491 e. The highest BCUT2D eigenvalue weighted by Crippen LogP contribution is 2.24. The van der Waals surface area contributed by atoms with Gasteiger partial charge in [-0.1, -0.05) is 0 Å². The molecule has 1 fully saturated rings. The molecule has 32 heavy (non-hydrogen) atoms. The second-order valence-corrected chi connectivity index (χ2v) is 8.17. The molecule has 1 aliphatic rings. The molecule has 3 heterocycles. The van der Waals surface area contributed by atoms with E-state index in [9.17, 15) is 0 Å². The van der Waals surface area contributed by atoms with Gasteiger partial charge in [0.1, 0.15) is 17.9 Å². The molecule has 1 aliphatic heterocycles. The lowest BCUT2D eigenvalue weighted by Crippen LogP contribution is -2.46. The van der Waals surface area contributed by atoms with Gasteiger partial charge in [-0.2, -0.15) is 0 Å². The van der Waals surface area contributed by atoms with Gasteiger partial charge in [-0.05, 0) is 49.7 Å². The number of anilines is 2. The van der Waals surface area contributed by atoms with Crippen molar-refractivity contribution < 1.29 is 4.74 Å². The van der Waals surface area contributed by atoms with Gasteiger partial charge in [0.2, 0.25) is 0 Å². The second-order valence-electron chi connectivity index (χ2n) is 8.17. The third-order valence-electron chi connectivity index (χ3n) is 5.43. The molecule has 3 N–H and O–H groups in total. The summed E-state index contributed by atoms with van der Waals surface area (Å²) in [4.78, 5) is 17.6. The monoisotopic (exact) mass is 431 g/mol. The number of ether oxygens (including phenoxy) is 1. The van der Waals surface area contributed by atoms with Crippen LogP contribution >= 0.6 is 0 Å². The minimum absolute atomic E-state index is 0.0449. The average molecular weight is 432 g/mol. The van der Waals surface area contributed by atoms with Gasteiger partial charge in [-0.15, -0.1) is 0 Å². The van der Waals surface area contributed by atoms with E-state index in [2.05, 4.69) is 36.9 Å². The lowest BCUT2D eigenvalue weighted by atomic mass is 10.0. The number of hydrogen-bond donors (Lipinski definition) is 2. The summed E-state index contributed by atoms with van der Waals surface area (Å²) in [6.07, 6.45) is 5.23. The van der Waals surface area contributed by atoms with E-state index in [0.29, 0.717) is 22.7 Å². The molecule has 4 rings (SSSR count). The summed E-state index contributed by atoms with van der Waals surface area (Å²) in [5, 5.41) is 8.70. The Kier molecular flexibility index (Phi) is 6.61. The Morgan fingerprint density at radius 3 is 2.53 bits per heavy atom. The maximum atomic E-state index is 8.70. The SMILES string of the molecule is CC(C)Oc1ccc(N)c(C(=N)c2cc(N3CCN(Cc4ccncc4)CC3)ncn2)c1. The summed E-state index contributed by atoms with van der Waals surface area (Å²) in [7, 11) is 0. The molecule has 0 spiro atoms. The first kappa shape index (κ1) is 21.7. The van der Waals surface area contributed by atoms with Crippen LogP contribution in [0.15, 0.2) is 55.1 Å². The number of nitrogens with two attached hydrogens (primary N) is 1. The van der Waals surface area contributed by atoms with Crippen LogP contribution in [0, 0.1) is 5.41 Å². The third kappa shape index (κ3) is 5.20. The van der Waals surface area contributed by atoms with Crippen LogP contribution in [0.3, 0.4) is 0 Å². The Hall–Kier alpha value is -3.52. The van der Waals surface area contributed by atoms with Crippen LogP contribution in [0.2, 0.25) is 0 Å². The van der Waals surface area contributed by atoms with Crippen molar-refractivity contribution in [1.82, 2.24) is 19.9 Å². The summed E-state index contributed by atoms with van der Waals surface area (Å²) in [6, 6.07) is 11.4. The summed E-state index contributed by atoms with van der Waals surface area (Å²) in [5.74, 6) is 1.52. The van der Waals surface area contributed by atoms with Crippen molar-refractivity contribution >= 4 is 17.2 Å². The minimum Gasteiger partial charge on any atom is -0.491 e. The Balaban J connectivity index is 1.44. The number of pyridine rings is 1. The topological polar surface area (TPSA) is 104 Å². The van der Waals surface area contributed by atoms with Gasteiger partial charge >= 0.3 is 0 Å². The van der Waals surface area contributed by atoms with E-state index in [-0.39, 0.29) is 11.8 Å². The molecule has 2 aromatic heterocycles. The molecule has 0 unspecified atom stereocenters. The number of nitrogens with zero attached hydrogens (tertiary/aromatic N) is 5. The summed E-state index contributed by atoms with van der Waals surface area (Å²) < 4.78 is 5.77. The molecule has 0 amide bonds. The van der Waals surface area contributed by atoms with Gasteiger partial charge in [0.15, 0.2) is 0 Å². The first-order valence-corrected chi connectivity index (χ1v) is 10.8. The summed E-state index contributed by atoms with van der Waals surface area (Å²) in [6.45, 7) is 8.48. The first-order chi connectivity index (χ1) is 15.5. The van der Waals surface area contributed by atoms with Crippen LogP contribution in [0.25, 0.3) is 0 Å². The van der Waals surface area contributed by atoms with Crippen molar-refractivity contribution in [2.24, 2.45) is 0 Å². The van der Waals surface area contributed by atoms with Crippen molar-refractivity contribution in [2.75, 3.05) is 36.8 Å². The number of rotatable bonds is 7. The zero-order valence-electron chi connectivity index (χ0n) is 18.5. The number of benzene rings is 1. The molecule has 1 saturated heterocycles. The molecule has 8 nitrogen and oxygen atoms in total. The lowest BCUT2D eigenvalue weighted by Gasteiger charge is -2.35. The van der Waals surface area contributed by atoms with Crippen LogP contribution in [-0.2, 0) is 6.54 Å². The zero-order chi connectivity index (χ0) is 22.5. The van der Waals surface area contributed by atoms with Gasteiger partial charge in [-0.25, -0.2) is 9.97 Å². The normalized spacial score (nSPS) is 14.5. The number of aromatic nitrogens is 3. The Labute approximate surface area is 188 Å². The molecule has 0 aliphatic carbocycles. The molecule has 3 aromatic rings. The maximum Gasteiger partial charge on any atom is 0.132 e. The van der Waals surface area contributed by atoms with Crippen LogP contribution in [0.1, 0.15) is 30.7 Å². The Morgan fingerprint density at radius 2 is 1.81 bits per heavy atom. The third-order valence-corrected chi connectivity index (χ3v) is 5.43. The number of nitrogen functional groups attached to an aromatic ring is 1. The van der Waals surface area contributed by atoms with Gasteiger partial charge in [0, 0.05) is 62.4 Å². The fourth-order valence-corrected chi connectivity index (χ4v) is 3.77. The molecule has 0 radical (unpaired) electrons. The maximum absolute atomic E-state index is 8.70. The molecular weight excluding hydrogens is 402 g/mol. The summed E-state index contributed by atoms with van der Waals surface area (Å²) in [5.41, 5.74) is 9.36. The molecule has 0 bridgehead atoms. The van der Waals surface area contributed by atoms with E-state index >= 15 is 0 Å². The molecular formula is C24H29N7O. The highest BCUT2D eigenvalue weighted by Gasteiger charge is 2.20. The summed E-state index contributed by atoms with van der Waals surface area (Å²) >= 11 is 0. The fourth-order valence-electron chi connectivity index (χ4n) is 3.77. The number of nitrogens with one attached hydrogen (secondary N) is 1. The van der Waals surface area contributed by atoms with Crippen LogP contribution in [0.5, 0.6) is 5.75 Å². The first-order valence-electron chi connectivity index (χ1n) is 10.8. The van der Waals surface area contributed by atoms with Gasteiger partial charge in [-0.3, -0.25) is 15.3 Å². The van der Waals surface area contributed by atoms with E-state index in [1.54, 1.807) is 12.1 Å². The van der Waals surface area contributed by atoms with E-state index in [4.69, 9.17) is 15.9 Å². The number of hydrogen-bond acceptors (Lipinski definition) is 8. The van der Waals surface area contributed by atoms with Crippen molar-refractivity contribution in [1.29, 1.82) is 5.41 Å². The molecule has 166 valence electrons. The molecule has 0 saturated carbocycles. The molecule has 8 heteroatoms.